The lowest BCUT2D eigenvalue weighted by molar-refractivity contribution is 0.610. The predicted molar refractivity (Wildman–Crippen MR) is 116 cm³/mol. The molecule has 3 aromatic rings. The van der Waals surface area contributed by atoms with Gasteiger partial charge in [0.2, 0.25) is 5.95 Å². The van der Waals surface area contributed by atoms with Crippen LogP contribution >= 0.6 is 0 Å². The number of piperazine rings is 1. The van der Waals surface area contributed by atoms with E-state index in [4.69, 9.17) is 0 Å². The van der Waals surface area contributed by atoms with Crippen LogP contribution in [0.25, 0.3) is 0 Å². The first-order chi connectivity index (χ1) is 14.2. The summed E-state index contributed by atoms with van der Waals surface area (Å²) in [6.07, 6.45) is 2.37. The van der Waals surface area contributed by atoms with Crippen molar-refractivity contribution in [2.45, 2.75) is 13.3 Å². The Morgan fingerprint density at radius 2 is 1.76 bits per heavy atom. The van der Waals surface area contributed by atoms with Gasteiger partial charge in [0.25, 0.3) is 0 Å². The Labute approximate surface area is 171 Å². The summed E-state index contributed by atoms with van der Waals surface area (Å²) in [5.74, 6) is 1.34. The highest BCUT2D eigenvalue weighted by Crippen LogP contribution is 2.20. The van der Waals surface area contributed by atoms with Gasteiger partial charge in [-0.2, -0.15) is 4.98 Å². The standard InChI is InChI=1S/C23H26FN5/c1-18-5-4-7-20(17-18)28-13-15-29(16-14-28)22-10-12-26-23(27-22)25-11-9-19-6-2-3-8-21(19)24/h2-8,10,12,17H,9,11,13-16H2,1H3,(H,25,26,27). The van der Waals surface area contributed by atoms with Crippen LogP contribution in [0.3, 0.4) is 0 Å². The van der Waals surface area contributed by atoms with Crippen LogP contribution in [0.2, 0.25) is 0 Å². The van der Waals surface area contributed by atoms with Crippen molar-refractivity contribution >= 4 is 17.5 Å². The number of benzene rings is 2. The quantitative estimate of drug-likeness (QED) is 0.690. The van der Waals surface area contributed by atoms with E-state index < -0.39 is 0 Å². The molecule has 29 heavy (non-hydrogen) atoms. The van der Waals surface area contributed by atoms with Crippen molar-refractivity contribution in [3.63, 3.8) is 0 Å². The van der Waals surface area contributed by atoms with Crippen LogP contribution in [0, 0.1) is 12.7 Å². The maximum absolute atomic E-state index is 13.7. The number of hydrogen-bond donors (Lipinski definition) is 1. The average molecular weight is 391 g/mol. The third kappa shape index (κ3) is 4.83. The van der Waals surface area contributed by atoms with E-state index in [0.717, 1.165) is 32.0 Å². The van der Waals surface area contributed by atoms with Crippen LogP contribution in [0.1, 0.15) is 11.1 Å². The Bertz CT molecular complexity index is 953. The second kappa shape index (κ2) is 8.90. The molecule has 0 unspecified atom stereocenters. The fraction of sp³-hybridized carbons (Fsp3) is 0.304. The van der Waals surface area contributed by atoms with Crippen molar-refractivity contribution < 1.29 is 4.39 Å². The van der Waals surface area contributed by atoms with Gasteiger partial charge in [-0.25, -0.2) is 9.37 Å². The minimum absolute atomic E-state index is 0.171. The first-order valence-corrected chi connectivity index (χ1v) is 10.1. The Balaban J connectivity index is 1.32. The molecule has 2 heterocycles. The number of rotatable bonds is 6. The third-order valence-electron chi connectivity index (χ3n) is 5.25. The molecule has 1 aliphatic heterocycles. The summed E-state index contributed by atoms with van der Waals surface area (Å²) in [4.78, 5) is 13.7. The van der Waals surface area contributed by atoms with Gasteiger partial charge in [-0.1, -0.05) is 30.3 Å². The topological polar surface area (TPSA) is 44.3 Å². The SMILES string of the molecule is Cc1cccc(N2CCN(c3ccnc(NCCc4ccccc4F)n3)CC2)c1. The molecule has 0 spiro atoms. The molecule has 1 aliphatic rings. The van der Waals surface area contributed by atoms with Crippen LogP contribution in [-0.2, 0) is 6.42 Å². The molecule has 0 radical (unpaired) electrons. The molecule has 1 saturated heterocycles. The number of anilines is 3. The van der Waals surface area contributed by atoms with E-state index in [1.807, 2.05) is 18.2 Å². The van der Waals surface area contributed by atoms with Gasteiger partial charge in [-0.3, -0.25) is 0 Å². The maximum Gasteiger partial charge on any atom is 0.224 e. The first-order valence-electron chi connectivity index (χ1n) is 10.1. The van der Waals surface area contributed by atoms with E-state index in [0.29, 0.717) is 24.5 Å². The molecule has 0 atom stereocenters. The van der Waals surface area contributed by atoms with Crippen molar-refractivity contribution in [3.05, 3.63) is 77.7 Å². The van der Waals surface area contributed by atoms with Crippen LogP contribution in [0.5, 0.6) is 0 Å². The minimum Gasteiger partial charge on any atom is -0.368 e. The zero-order valence-corrected chi connectivity index (χ0v) is 16.7. The van der Waals surface area contributed by atoms with Crippen molar-refractivity contribution in [2.75, 3.05) is 47.8 Å². The van der Waals surface area contributed by atoms with E-state index >= 15 is 0 Å². The third-order valence-corrected chi connectivity index (χ3v) is 5.25. The highest BCUT2D eigenvalue weighted by atomic mass is 19.1. The molecular formula is C23H26FN5. The van der Waals surface area contributed by atoms with Crippen molar-refractivity contribution in [2.24, 2.45) is 0 Å². The highest BCUT2D eigenvalue weighted by Gasteiger charge is 2.18. The lowest BCUT2D eigenvalue weighted by Crippen LogP contribution is -2.46. The summed E-state index contributed by atoms with van der Waals surface area (Å²) in [6.45, 7) is 6.47. The summed E-state index contributed by atoms with van der Waals surface area (Å²) in [7, 11) is 0. The van der Waals surface area contributed by atoms with E-state index in [-0.39, 0.29) is 5.82 Å². The lowest BCUT2D eigenvalue weighted by Gasteiger charge is -2.36. The monoisotopic (exact) mass is 391 g/mol. The second-order valence-corrected chi connectivity index (χ2v) is 7.32. The first kappa shape index (κ1) is 19.2. The van der Waals surface area contributed by atoms with Crippen LogP contribution in [-0.4, -0.2) is 42.7 Å². The van der Waals surface area contributed by atoms with Gasteiger partial charge in [0.1, 0.15) is 11.6 Å². The van der Waals surface area contributed by atoms with E-state index in [1.165, 1.54) is 17.3 Å². The van der Waals surface area contributed by atoms with E-state index in [2.05, 4.69) is 56.3 Å². The van der Waals surface area contributed by atoms with Gasteiger partial charge < -0.3 is 15.1 Å². The Morgan fingerprint density at radius 1 is 0.966 bits per heavy atom. The average Bonchev–Trinajstić information content (AvgIpc) is 2.75. The molecule has 0 bridgehead atoms. The summed E-state index contributed by atoms with van der Waals surface area (Å²) in [6, 6.07) is 17.4. The molecule has 0 saturated carbocycles. The fourth-order valence-electron chi connectivity index (χ4n) is 3.64. The normalized spacial score (nSPS) is 14.1. The summed E-state index contributed by atoms with van der Waals surface area (Å²) in [5.41, 5.74) is 3.26. The zero-order valence-electron chi connectivity index (χ0n) is 16.7. The second-order valence-electron chi connectivity index (χ2n) is 7.32. The van der Waals surface area contributed by atoms with Crippen molar-refractivity contribution in [3.8, 4) is 0 Å². The molecule has 4 rings (SSSR count). The highest BCUT2D eigenvalue weighted by molar-refractivity contribution is 5.51. The Hall–Kier alpha value is -3.15. The summed E-state index contributed by atoms with van der Waals surface area (Å²) in [5, 5.41) is 3.21. The molecule has 1 aromatic heterocycles. The zero-order chi connectivity index (χ0) is 20.1. The van der Waals surface area contributed by atoms with Gasteiger partial charge in [-0.05, 0) is 48.7 Å². The van der Waals surface area contributed by atoms with Gasteiger partial charge in [0, 0.05) is 44.6 Å². The molecule has 1 fully saturated rings. The molecular weight excluding hydrogens is 365 g/mol. The molecule has 0 amide bonds. The number of halogens is 1. The van der Waals surface area contributed by atoms with Crippen molar-refractivity contribution in [1.29, 1.82) is 0 Å². The van der Waals surface area contributed by atoms with E-state index in [9.17, 15) is 4.39 Å². The molecule has 6 heteroatoms. The largest absolute Gasteiger partial charge is 0.368 e. The summed E-state index contributed by atoms with van der Waals surface area (Å²) >= 11 is 0. The van der Waals surface area contributed by atoms with Gasteiger partial charge in [-0.15, -0.1) is 0 Å². The number of aryl methyl sites for hydroxylation is 1. The summed E-state index contributed by atoms with van der Waals surface area (Å²) < 4.78 is 13.7. The molecule has 1 N–H and O–H groups in total. The number of hydrogen-bond acceptors (Lipinski definition) is 5. The van der Waals surface area contributed by atoms with Crippen LogP contribution in [0.15, 0.2) is 60.8 Å². The predicted octanol–water partition coefficient (Wildman–Crippen LogP) is 3.91. The molecule has 0 aliphatic carbocycles. The number of nitrogens with zero attached hydrogens (tertiary/aromatic N) is 4. The molecule has 150 valence electrons. The van der Waals surface area contributed by atoms with Crippen molar-refractivity contribution in [1.82, 2.24) is 9.97 Å². The molecule has 2 aromatic carbocycles. The van der Waals surface area contributed by atoms with Crippen LogP contribution < -0.4 is 15.1 Å². The Morgan fingerprint density at radius 3 is 2.55 bits per heavy atom. The Kier molecular flexibility index (Phi) is 5.89. The number of aromatic nitrogens is 2. The minimum atomic E-state index is -0.171. The van der Waals surface area contributed by atoms with Gasteiger partial charge >= 0.3 is 0 Å². The molecule has 5 nitrogen and oxygen atoms in total. The van der Waals surface area contributed by atoms with Gasteiger partial charge in [0.15, 0.2) is 0 Å². The maximum atomic E-state index is 13.7. The van der Waals surface area contributed by atoms with Crippen LogP contribution in [0.4, 0.5) is 21.8 Å². The lowest BCUT2D eigenvalue weighted by atomic mass is 10.1. The van der Waals surface area contributed by atoms with Gasteiger partial charge in [0.05, 0.1) is 0 Å². The number of nitrogens with one attached hydrogen (secondary N) is 1. The smallest absolute Gasteiger partial charge is 0.224 e. The fourth-order valence-corrected chi connectivity index (χ4v) is 3.64. The van der Waals surface area contributed by atoms with E-state index in [1.54, 1.807) is 12.3 Å².